The van der Waals surface area contributed by atoms with E-state index in [4.69, 9.17) is 23.7 Å². The summed E-state index contributed by atoms with van der Waals surface area (Å²) in [6, 6.07) is 2.26. The average Bonchev–Trinajstić information content (AvgIpc) is 2.89. The van der Waals surface area contributed by atoms with E-state index in [-0.39, 0.29) is 9.20 Å². The fourth-order valence-electron chi connectivity index (χ4n) is 2.18. The number of primary amides is 1. The molecule has 0 saturated carbocycles. The van der Waals surface area contributed by atoms with Crippen molar-refractivity contribution >= 4 is 44.5 Å². The monoisotopic (exact) mass is 333 g/mol. The molecule has 9 heteroatoms. The van der Waals surface area contributed by atoms with Gasteiger partial charge in [0.15, 0.2) is 0 Å². The molecule has 1 amide bonds. The quantitative estimate of drug-likeness (QED) is 0.776. The van der Waals surface area contributed by atoms with Crippen LogP contribution in [0.15, 0.2) is 16.3 Å². The van der Waals surface area contributed by atoms with Crippen molar-refractivity contribution in [3.05, 3.63) is 17.0 Å². The molecule has 0 aromatic carbocycles. The lowest BCUT2D eigenvalue weighted by molar-refractivity contribution is -0.122. The summed E-state index contributed by atoms with van der Waals surface area (Å²) in [4.78, 5) is 12.1. The van der Waals surface area contributed by atoms with Crippen LogP contribution in [-0.4, -0.2) is 36.2 Å². The van der Waals surface area contributed by atoms with Crippen LogP contribution < -0.4 is 11.5 Å². The van der Waals surface area contributed by atoms with Gasteiger partial charge < -0.3 is 11.5 Å². The minimum Gasteiger partial charge on any atom is -0.389 e. The van der Waals surface area contributed by atoms with Gasteiger partial charge in [0, 0.05) is 6.54 Å². The van der Waals surface area contributed by atoms with E-state index in [0.717, 1.165) is 24.2 Å². The molecule has 4 N–H and O–H groups in total. The highest BCUT2D eigenvalue weighted by Gasteiger charge is 2.37. The second-order valence-corrected chi connectivity index (χ2v) is 8.15. The van der Waals surface area contributed by atoms with Gasteiger partial charge >= 0.3 is 0 Å². The Hall–Kier alpha value is -1.03. The number of thiophene rings is 1. The Balaban J connectivity index is 2.36. The first-order valence-corrected chi connectivity index (χ1v) is 8.71. The molecule has 2 rings (SSSR count). The Morgan fingerprint density at radius 2 is 2.05 bits per heavy atom. The SMILES string of the molecule is NC(=O)C1CCCCN1S(=O)(=O)c1ccc(C(N)=S)s1. The standard InChI is InChI=1S/C11H15N3O3S3/c12-10(15)7-3-1-2-6-14(7)20(16,17)9-5-4-8(19-9)11(13)18/h4-5,7H,1-3,6H2,(H2,12,15)(H2,13,18). The van der Waals surface area contributed by atoms with Crippen LogP contribution in [0.2, 0.25) is 0 Å². The second kappa shape index (κ2) is 5.76. The van der Waals surface area contributed by atoms with Crippen molar-refractivity contribution in [2.75, 3.05) is 6.54 Å². The molecule has 0 aliphatic carbocycles. The molecule has 1 fully saturated rings. The first kappa shape index (κ1) is 15.4. The highest BCUT2D eigenvalue weighted by atomic mass is 32.2. The van der Waals surface area contributed by atoms with Crippen molar-refractivity contribution in [3.63, 3.8) is 0 Å². The minimum atomic E-state index is -3.73. The summed E-state index contributed by atoms with van der Waals surface area (Å²) >= 11 is 5.83. The zero-order valence-corrected chi connectivity index (χ0v) is 13.1. The van der Waals surface area contributed by atoms with Gasteiger partial charge in [-0.3, -0.25) is 4.79 Å². The molecule has 0 spiro atoms. The number of hydrogen-bond donors (Lipinski definition) is 2. The van der Waals surface area contributed by atoms with Crippen LogP contribution in [0.25, 0.3) is 0 Å². The topological polar surface area (TPSA) is 106 Å². The summed E-state index contributed by atoms with van der Waals surface area (Å²) in [7, 11) is -3.73. The number of nitrogens with two attached hydrogens (primary N) is 2. The number of carbonyl (C=O) groups excluding carboxylic acids is 1. The number of piperidine rings is 1. The lowest BCUT2D eigenvalue weighted by atomic mass is 10.0. The maximum Gasteiger partial charge on any atom is 0.253 e. The summed E-state index contributed by atoms with van der Waals surface area (Å²) in [6.45, 7) is 0.302. The Kier molecular flexibility index (Phi) is 4.43. The molecule has 6 nitrogen and oxygen atoms in total. The molecular formula is C11H15N3O3S3. The van der Waals surface area contributed by atoms with Crippen molar-refractivity contribution < 1.29 is 13.2 Å². The van der Waals surface area contributed by atoms with E-state index in [0.29, 0.717) is 17.8 Å². The normalized spacial score (nSPS) is 20.7. The summed E-state index contributed by atoms with van der Waals surface area (Å²) in [6.07, 6.45) is 1.97. The average molecular weight is 333 g/mol. The Morgan fingerprint density at radius 3 is 2.60 bits per heavy atom. The van der Waals surface area contributed by atoms with E-state index in [9.17, 15) is 13.2 Å². The number of amides is 1. The fraction of sp³-hybridized carbons (Fsp3) is 0.455. The van der Waals surface area contributed by atoms with Crippen LogP contribution in [-0.2, 0) is 14.8 Å². The Labute approximate surface area is 126 Å². The third kappa shape index (κ3) is 2.85. The van der Waals surface area contributed by atoms with Crippen molar-refractivity contribution in [2.24, 2.45) is 11.5 Å². The molecule has 1 aliphatic rings. The number of nitrogens with zero attached hydrogens (tertiary/aromatic N) is 1. The fourth-order valence-corrected chi connectivity index (χ4v) is 5.33. The van der Waals surface area contributed by atoms with Crippen LogP contribution in [0.4, 0.5) is 0 Å². The molecule has 1 unspecified atom stereocenters. The maximum absolute atomic E-state index is 12.6. The third-order valence-electron chi connectivity index (χ3n) is 3.17. The lowest BCUT2D eigenvalue weighted by Crippen LogP contribution is -2.50. The van der Waals surface area contributed by atoms with Crippen LogP contribution in [0, 0.1) is 0 Å². The summed E-state index contributed by atoms with van der Waals surface area (Å²) in [5.41, 5.74) is 10.8. The number of hydrogen-bond acceptors (Lipinski definition) is 5. The van der Waals surface area contributed by atoms with Gasteiger partial charge in [0.2, 0.25) is 5.91 Å². The van der Waals surface area contributed by atoms with E-state index in [1.807, 2.05) is 0 Å². The maximum atomic E-state index is 12.6. The van der Waals surface area contributed by atoms with Crippen LogP contribution in [0.5, 0.6) is 0 Å². The minimum absolute atomic E-state index is 0.133. The van der Waals surface area contributed by atoms with Crippen molar-refractivity contribution in [1.82, 2.24) is 4.31 Å². The van der Waals surface area contributed by atoms with Gasteiger partial charge in [0.05, 0.1) is 4.88 Å². The molecule has 20 heavy (non-hydrogen) atoms. The zero-order valence-electron chi connectivity index (χ0n) is 10.6. The number of rotatable bonds is 4. The van der Waals surface area contributed by atoms with Gasteiger partial charge in [0.25, 0.3) is 10.0 Å². The van der Waals surface area contributed by atoms with Gasteiger partial charge in [-0.2, -0.15) is 4.31 Å². The van der Waals surface area contributed by atoms with Gasteiger partial charge in [-0.15, -0.1) is 11.3 Å². The molecular weight excluding hydrogens is 318 g/mol. The largest absolute Gasteiger partial charge is 0.389 e. The molecule has 0 bridgehead atoms. The van der Waals surface area contributed by atoms with Crippen LogP contribution >= 0.6 is 23.6 Å². The smallest absolute Gasteiger partial charge is 0.253 e. The summed E-state index contributed by atoms with van der Waals surface area (Å²) in [5.74, 6) is -0.612. The van der Waals surface area contributed by atoms with Crippen molar-refractivity contribution in [1.29, 1.82) is 0 Å². The van der Waals surface area contributed by atoms with Gasteiger partial charge in [-0.05, 0) is 25.0 Å². The highest BCUT2D eigenvalue weighted by molar-refractivity contribution is 7.91. The van der Waals surface area contributed by atoms with E-state index in [1.165, 1.54) is 10.4 Å². The first-order valence-electron chi connectivity index (χ1n) is 6.05. The molecule has 1 atom stereocenters. The second-order valence-electron chi connectivity index (χ2n) is 4.51. The summed E-state index contributed by atoms with van der Waals surface area (Å²) in [5, 5.41) is 0. The third-order valence-corrected chi connectivity index (χ3v) is 7.01. The van der Waals surface area contributed by atoms with E-state index in [1.54, 1.807) is 6.07 Å². The number of thiocarbonyl (C=S) groups is 1. The van der Waals surface area contributed by atoms with Crippen molar-refractivity contribution in [2.45, 2.75) is 29.5 Å². The molecule has 1 aliphatic heterocycles. The van der Waals surface area contributed by atoms with Gasteiger partial charge in [-0.25, -0.2) is 8.42 Å². The predicted octanol–water partition coefficient (Wildman–Crippen LogP) is 0.411. The molecule has 1 aromatic rings. The molecule has 1 saturated heterocycles. The Morgan fingerprint density at radius 1 is 1.35 bits per heavy atom. The van der Waals surface area contributed by atoms with Gasteiger partial charge in [0.1, 0.15) is 15.2 Å². The van der Waals surface area contributed by atoms with E-state index in [2.05, 4.69) is 0 Å². The molecule has 110 valence electrons. The van der Waals surface area contributed by atoms with Crippen molar-refractivity contribution in [3.8, 4) is 0 Å². The van der Waals surface area contributed by atoms with Crippen LogP contribution in [0.1, 0.15) is 24.1 Å². The van der Waals surface area contributed by atoms with E-state index >= 15 is 0 Å². The first-order chi connectivity index (χ1) is 9.34. The number of sulfonamides is 1. The highest BCUT2D eigenvalue weighted by Crippen LogP contribution is 2.29. The summed E-state index contributed by atoms with van der Waals surface area (Å²) < 4.78 is 26.5. The molecule has 2 heterocycles. The Bertz CT molecular complexity index is 638. The predicted molar refractivity (Wildman–Crippen MR) is 80.9 cm³/mol. The van der Waals surface area contributed by atoms with E-state index < -0.39 is 22.0 Å². The molecule has 0 radical (unpaired) electrons. The number of carbonyl (C=O) groups is 1. The molecule has 1 aromatic heterocycles. The van der Waals surface area contributed by atoms with Crippen LogP contribution in [0.3, 0.4) is 0 Å². The van der Waals surface area contributed by atoms with Gasteiger partial charge in [-0.1, -0.05) is 18.6 Å². The zero-order chi connectivity index (χ0) is 14.9. The lowest BCUT2D eigenvalue weighted by Gasteiger charge is -2.32.